The highest BCUT2D eigenvalue weighted by Gasteiger charge is 2.07. The third-order valence-electron chi connectivity index (χ3n) is 2.00. The number of benzene rings is 2. The Balaban J connectivity index is 2.36. The average Bonchev–Trinajstić information content (AvgIpc) is 2.31. The van der Waals surface area contributed by atoms with Crippen molar-refractivity contribution in [1.29, 1.82) is 5.26 Å². The van der Waals surface area contributed by atoms with Crippen molar-refractivity contribution in [2.24, 2.45) is 0 Å². The van der Waals surface area contributed by atoms with Gasteiger partial charge in [-0.15, -0.1) is 0 Å². The lowest BCUT2D eigenvalue weighted by Gasteiger charge is -2.07. The molecule has 0 N–H and O–H groups in total. The molecule has 0 unspecified atom stereocenters. The van der Waals surface area contributed by atoms with E-state index in [9.17, 15) is 0 Å². The van der Waals surface area contributed by atoms with E-state index >= 15 is 0 Å². The molecule has 0 spiro atoms. The summed E-state index contributed by atoms with van der Waals surface area (Å²) >= 11 is 5.89. The van der Waals surface area contributed by atoms with Gasteiger partial charge in [0.05, 0.1) is 5.02 Å². The molecule has 3 heteroatoms. The summed E-state index contributed by atoms with van der Waals surface area (Å²) in [5, 5.41) is 9.35. The number of nitrogens with zero attached hydrogens (tertiary/aromatic N) is 1. The number of rotatable bonds is 2. The lowest BCUT2D eigenvalue weighted by atomic mass is 10.2. The van der Waals surface area contributed by atoms with Gasteiger partial charge in [-0.25, -0.2) is 0 Å². The zero-order chi connectivity index (χ0) is 11.4. The van der Waals surface area contributed by atoms with Crippen LogP contribution in [0.2, 0.25) is 5.02 Å². The number of hydrogen-bond acceptors (Lipinski definition) is 2. The van der Waals surface area contributed by atoms with Gasteiger partial charge in [-0.2, -0.15) is 5.26 Å². The highest BCUT2D eigenvalue weighted by molar-refractivity contribution is 6.31. The number of halogens is 1. The third kappa shape index (κ3) is 2.16. The normalized spacial score (nSPS) is 9.50. The van der Waals surface area contributed by atoms with Gasteiger partial charge in [-0.05, 0) is 30.3 Å². The van der Waals surface area contributed by atoms with Gasteiger partial charge in [0, 0.05) is 0 Å². The Hall–Kier alpha value is -1.98. The molecule has 0 saturated carbocycles. The molecule has 0 aliphatic rings. The predicted octanol–water partition coefficient (Wildman–Crippen LogP) is 3.80. The van der Waals surface area contributed by atoms with Crippen LogP contribution in [0.4, 0.5) is 0 Å². The van der Waals surface area contributed by atoms with Crippen molar-refractivity contribution in [2.75, 3.05) is 0 Å². The van der Waals surface area contributed by atoms with Gasteiger partial charge >= 0.3 is 0 Å². The van der Waals surface area contributed by atoms with Crippen molar-refractivity contribution in [3.05, 3.63) is 59.1 Å². The summed E-state index contributed by atoms with van der Waals surface area (Å²) in [5.74, 6) is 1.11. The molecule has 2 nitrogen and oxygen atoms in total. The lowest BCUT2D eigenvalue weighted by Crippen LogP contribution is -1.88. The minimum atomic E-state index is 0.344. The van der Waals surface area contributed by atoms with Crippen LogP contribution >= 0.6 is 11.6 Å². The minimum absolute atomic E-state index is 0.344. The van der Waals surface area contributed by atoms with Crippen LogP contribution in [0.1, 0.15) is 5.56 Å². The van der Waals surface area contributed by atoms with Gasteiger partial charge in [0.1, 0.15) is 23.1 Å². The molecule has 77 valence electrons. The number of nitriles is 1. The van der Waals surface area contributed by atoms with Crippen LogP contribution in [-0.4, -0.2) is 0 Å². The Kier molecular flexibility index (Phi) is 3.09. The fourth-order valence-corrected chi connectivity index (χ4v) is 1.47. The topological polar surface area (TPSA) is 33.0 Å². The zero-order valence-electron chi connectivity index (χ0n) is 8.27. The summed E-state index contributed by atoms with van der Waals surface area (Å²) in [5.41, 5.74) is 0.344. The van der Waals surface area contributed by atoms with E-state index in [0.717, 1.165) is 0 Å². The van der Waals surface area contributed by atoms with E-state index in [0.29, 0.717) is 22.1 Å². The van der Waals surface area contributed by atoms with Crippen molar-refractivity contribution >= 4 is 11.6 Å². The van der Waals surface area contributed by atoms with Crippen LogP contribution in [0.3, 0.4) is 0 Å². The Morgan fingerprint density at radius 2 is 1.94 bits per heavy atom. The van der Waals surface area contributed by atoms with E-state index in [-0.39, 0.29) is 0 Å². The molecule has 0 amide bonds. The van der Waals surface area contributed by atoms with Gasteiger partial charge in [0.15, 0.2) is 0 Å². The highest BCUT2D eigenvalue weighted by Crippen LogP contribution is 2.29. The smallest absolute Gasteiger partial charge is 0.146 e. The second-order valence-corrected chi connectivity index (χ2v) is 3.47. The van der Waals surface area contributed by atoms with E-state index in [1.165, 1.54) is 0 Å². The van der Waals surface area contributed by atoms with E-state index < -0.39 is 0 Å². The van der Waals surface area contributed by atoms with Gasteiger partial charge < -0.3 is 4.74 Å². The second kappa shape index (κ2) is 4.69. The summed E-state index contributed by atoms with van der Waals surface area (Å²) in [6.07, 6.45) is 0. The zero-order valence-corrected chi connectivity index (χ0v) is 9.03. The first-order valence-electron chi connectivity index (χ1n) is 4.64. The SMILES string of the molecule is N#Cc1c(Cl)cccc1Oc1cc[c]cc1. The van der Waals surface area contributed by atoms with Crippen LogP contribution < -0.4 is 4.74 Å². The minimum Gasteiger partial charge on any atom is -0.456 e. The maximum atomic E-state index is 8.96. The summed E-state index contributed by atoms with van der Waals surface area (Å²) in [7, 11) is 0. The third-order valence-corrected chi connectivity index (χ3v) is 2.32. The molecule has 0 bridgehead atoms. The maximum Gasteiger partial charge on any atom is 0.146 e. The van der Waals surface area contributed by atoms with Gasteiger partial charge in [-0.1, -0.05) is 29.8 Å². The molecular formula is C13H7ClNO. The quantitative estimate of drug-likeness (QED) is 0.783. The van der Waals surface area contributed by atoms with Crippen molar-refractivity contribution in [2.45, 2.75) is 0 Å². The molecule has 2 aromatic carbocycles. The highest BCUT2D eigenvalue weighted by atomic mass is 35.5. The molecule has 0 heterocycles. The summed E-state index contributed by atoms with van der Waals surface area (Å²) in [6, 6.07) is 17.0. The monoisotopic (exact) mass is 228 g/mol. The Labute approximate surface area is 98.7 Å². The van der Waals surface area contributed by atoms with Crippen LogP contribution in [0.5, 0.6) is 11.5 Å². The maximum absolute atomic E-state index is 8.96. The summed E-state index contributed by atoms with van der Waals surface area (Å²) in [4.78, 5) is 0. The van der Waals surface area contributed by atoms with Crippen LogP contribution in [0, 0.1) is 17.4 Å². The Morgan fingerprint density at radius 1 is 1.19 bits per heavy atom. The summed E-state index contributed by atoms with van der Waals surface area (Å²) in [6.45, 7) is 0. The molecule has 0 atom stereocenters. The molecule has 16 heavy (non-hydrogen) atoms. The Bertz CT molecular complexity index is 531. The van der Waals surface area contributed by atoms with Gasteiger partial charge in [0.25, 0.3) is 0 Å². The van der Waals surface area contributed by atoms with Gasteiger partial charge in [0.2, 0.25) is 0 Å². The first kappa shape index (κ1) is 10.5. The molecule has 2 rings (SSSR count). The fraction of sp³-hybridized carbons (Fsp3) is 0. The van der Waals surface area contributed by atoms with Crippen molar-refractivity contribution in [3.8, 4) is 17.6 Å². The molecule has 2 aromatic rings. The van der Waals surface area contributed by atoms with E-state index in [1.807, 2.05) is 6.07 Å². The van der Waals surface area contributed by atoms with Crippen LogP contribution in [-0.2, 0) is 0 Å². The largest absolute Gasteiger partial charge is 0.456 e. The molecule has 0 fully saturated rings. The predicted molar refractivity (Wildman–Crippen MR) is 61.5 cm³/mol. The first-order chi connectivity index (χ1) is 7.81. The lowest BCUT2D eigenvalue weighted by molar-refractivity contribution is 0.481. The average molecular weight is 229 g/mol. The molecular weight excluding hydrogens is 222 g/mol. The molecule has 0 aliphatic carbocycles. The van der Waals surface area contributed by atoms with Crippen molar-refractivity contribution < 1.29 is 4.74 Å². The van der Waals surface area contributed by atoms with Gasteiger partial charge in [-0.3, -0.25) is 0 Å². The van der Waals surface area contributed by atoms with Crippen LogP contribution in [0.25, 0.3) is 0 Å². The first-order valence-corrected chi connectivity index (χ1v) is 5.01. The van der Waals surface area contributed by atoms with E-state index in [2.05, 4.69) is 6.07 Å². The fourth-order valence-electron chi connectivity index (χ4n) is 1.26. The second-order valence-electron chi connectivity index (χ2n) is 3.06. The number of hydrogen-bond donors (Lipinski definition) is 0. The van der Waals surface area contributed by atoms with Crippen LogP contribution in [0.15, 0.2) is 42.5 Å². The van der Waals surface area contributed by atoms with E-state index in [4.69, 9.17) is 21.6 Å². The van der Waals surface area contributed by atoms with Crippen molar-refractivity contribution in [1.82, 2.24) is 0 Å². The Morgan fingerprint density at radius 3 is 2.62 bits per heavy atom. The number of ether oxygens (including phenoxy) is 1. The molecule has 0 saturated heterocycles. The standard InChI is InChI=1S/C13H7ClNO/c14-12-7-4-8-13(11(12)9-15)16-10-5-2-1-3-6-10/h2-8H. The summed E-state index contributed by atoms with van der Waals surface area (Å²) < 4.78 is 5.55. The molecule has 0 aliphatic heterocycles. The molecule has 0 aromatic heterocycles. The van der Waals surface area contributed by atoms with Crippen molar-refractivity contribution in [3.63, 3.8) is 0 Å². The molecule has 1 radical (unpaired) electrons. The van der Waals surface area contributed by atoms with E-state index in [1.54, 1.807) is 42.5 Å².